The van der Waals surface area contributed by atoms with Crippen LogP contribution < -0.4 is 15.6 Å². The van der Waals surface area contributed by atoms with Gasteiger partial charge in [-0.05, 0) is 23.8 Å². The Morgan fingerprint density at radius 3 is 2.71 bits per heavy atom. The van der Waals surface area contributed by atoms with Crippen LogP contribution in [0.2, 0.25) is 5.02 Å². The van der Waals surface area contributed by atoms with E-state index in [-0.39, 0.29) is 35.8 Å². The van der Waals surface area contributed by atoms with E-state index in [9.17, 15) is 18.4 Å². The molecule has 1 amide bonds. The van der Waals surface area contributed by atoms with Crippen LogP contribution in [0.1, 0.15) is 19.4 Å². The maximum absolute atomic E-state index is 12.5. The van der Waals surface area contributed by atoms with Gasteiger partial charge in [-0.2, -0.15) is 8.78 Å². The first-order valence-corrected chi connectivity index (χ1v) is 9.70. The summed E-state index contributed by atoms with van der Waals surface area (Å²) in [7, 11) is 0. The van der Waals surface area contributed by atoms with E-state index in [0.29, 0.717) is 16.1 Å². The lowest BCUT2D eigenvalue weighted by molar-refractivity contribution is -0.124. The number of aromatic amines is 1. The van der Waals surface area contributed by atoms with Crippen LogP contribution in [0.4, 0.5) is 8.78 Å². The SMILES string of the molecule is CC(C)C(=O)NCc1ccc(Cl)c(-c2nc(-c3ccnc(OC(F)F)c3)cc(=O)[nH]2)c1. The Morgan fingerprint density at radius 1 is 1.23 bits per heavy atom. The molecule has 3 aromatic rings. The molecule has 0 aliphatic carbocycles. The van der Waals surface area contributed by atoms with E-state index in [2.05, 4.69) is 25.0 Å². The maximum Gasteiger partial charge on any atom is 0.388 e. The second-order valence-corrected chi connectivity index (χ2v) is 7.33. The van der Waals surface area contributed by atoms with Gasteiger partial charge in [-0.25, -0.2) is 9.97 Å². The van der Waals surface area contributed by atoms with Gasteiger partial charge in [0.1, 0.15) is 5.82 Å². The molecule has 1 aromatic carbocycles. The van der Waals surface area contributed by atoms with E-state index in [1.165, 1.54) is 24.4 Å². The molecule has 0 spiro atoms. The van der Waals surface area contributed by atoms with Crippen LogP contribution in [0.25, 0.3) is 22.6 Å². The van der Waals surface area contributed by atoms with Crippen molar-refractivity contribution in [1.82, 2.24) is 20.3 Å². The number of nitrogens with one attached hydrogen (secondary N) is 2. The lowest BCUT2D eigenvalue weighted by Gasteiger charge is -2.11. The normalized spacial score (nSPS) is 11.1. The Balaban J connectivity index is 1.96. The van der Waals surface area contributed by atoms with E-state index in [1.54, 1.807) is 32.0 Å². The minimum absolute atomic E-state index is 0.0930. The van der Waals surface area contributed by atoms with Crippen LogP contribution in [0.5, 0.6) is 5.88 Å². The zero-order valence-corrected chi connectivity index (χ0v) is 17.4. The second-order valence-electron chi connectivity index (χ2n) is 6.93. The zero-order chi connectivity index (χ0) is 22.5. The largest absolute Gasteiger partial charge is 0.417 e. The first kappa shape index (κ1) is 22.4. The third kappa shape index (κ3) is 5.85. The molecule has 0 aliphatic heterocycles. The van der Waals surface area contributed by atoms with Crippen molar-refractivity contribution < 1.29 is 18.3 Å². The third-order valence-corrected chi connectivity index (χ3v) is 4.59. The number of nitrogens with zero attached hydrogens (tertiary/aromatic N) is 2. The molecule has 2 N–H and O–H groups in total. The molecule has 0 unspecified atom stereocenters. The average molecular weight is 449 g/mol. The highest BCUT2D eigenvalue weighted by atomic mass is 35.5. The van der Waals surface area contributed by atoms with Crippen molar-refractivity contribution in [2.24, 2.45) is 5.92 Å². The summed E-state index contributed by atoms with van der Waals surface area (Å²) in [6.45, 7) is 0.839. The lowest BCUT2D eigenvalue weighted by Crippen LogP contribution is -2.27. The van der Waals surface area contributed by atoms with Gasteiger partial charge in [0.2, 0.25) is 11.8 Å². The van der Waals surface area contributed by atoms with Crippen LogP contribution in [0.3, 0.4) is 0 Å². The van der Waals surface area contributed by atoms with Crippen molar-refractivity contribution in [3.8, 4) is 28.5 Å². The highest BCUT2D eigenvalue weighted by Gasteiger charge is 2.13. The van der Waals surface area contributed by atoms with Crippen LogP contribution >= 0.6 is 11.6 Å². The fourth-order valence-electron chi connectivity index (χ4n) is 2.71. The number of amides is 1. The molecule has 0 saturated heterocycles. The molecule has 0 aliphatic rings. The Morgan fingerprint density at radius 2 is 2.00 bits per heavy atom. The van der Waals surface area contributed by atoms with Crippen molar-refractivity contribution in [3.63, 3.8) is 0 Å². The van der Waals surface area contributed by atoms with Crippen LogP contribution in [-0.2, 0) is 11.3 Å². The second kappa shape index (κ2) is 9.65. The van der Waals surface area contributed by atoms with Crippen molar-refractivity contribution >= 4 is 17.5 Å². The van der Waals surface area contributed by atoms with Gasteiger partial charge < -0.3 is 15.0 Å². The summed E-state index contributed by atoms with van der Waals surface area (Å²) in [6, 6.07) is 9.11. The fraction of sp³-hybridized carbons (Fsp3) is 0.238. The number of hydrogen-bond acceptors (Lipinski definition) is 5. The number of alkyl halides is 2. The zero-order valence-electron chi connectivity index (χ0n) is 16.7. The summed E-state index contributed by atoms with van der Waals surface area (Å²) in [5.41, 5.74) is 1.36. The maximum atomic E-state index is 12.5. The standard InChI is InChI=1S/C21H19ClF2N4O3/c1-11(2)20(30)26-10-12-3-4-15(22)14(7-12)19-27-16(9-17(29)28-19)13-5-6-25-18(8-13)31-21(23)24/h3-9,11,21H,10H2,1-2H3,(H,26,30)(H,27,28,29). The predicted molar refractivity (Wildman–Crippen MR) is 112 cm³/mol. The Bertz CT molecular complexity index is 1150. The fourth-order valence-corrected chi connectivity index (χ4v) is 2.92. The van der Waals surface area contributed by atoms with E-state index < -0.39 is 12.2 Å². The number of halogens is 3. The van der Waals surface area contributed by atoms with Gasteiger partial charge in [0, 0.05) is 41.9 Å². The van der Waals surface area contributed by atoms with Crippen molar-refractivity contribution in [2.75, 3.05) is 0 Å². The summed E-state index contributed by atoms with van der Waals surface area (Å²) in [5, 5.41) is 3.15. The molecule has 2 heterocycles. The molecule has 3 rings (SSSR count). The quantitative estimate of drug-likeness (QED) is 0.569. The van der Waals surface area contributed by atoms with Crippen LogP contribution in [-0.4, -0.2) is 27.5 Å². The van der Waals surface area contributed by atoms with Gasteiger partial charge in [0.15, 0.2) is 0 Å². The van der Waals surface area contributed by atoms with Crippen molar-refractivity contribution in [2.45, 2.75) is 27.0 Å². The number of carbonyl (C=O) groups is 1. The first-order valence-electron chi connectivity index (χ1n) is 9.32. The lowest BCUT2D eigenvalue weighted by atomic mass is 10.1. The number of aromatic nitrogens is 3. The summed E-state index contributed by atoms with van der Waals surface area (Å²) in [5.74, 6) is -0.347. The Kier molecular flexibility index (Phi) is 6.96. The third-order valence-electron chi connectivity index (χ3n) is 4.26. The number of H-pyrrole nitrogens is 1. The molecule has 2 aromatic heterocycles. The molecule has 0 saturated carbocycles. The summed E-state index contributed by atoms with van der Waals surface area (Å²) >= 11 is 6.31. The van der Waals surface area contributed by atoms with E-state index in [1.807, 2.05) is 0 Å². The highest BCUT2D eigenvalue weighted by Crippen LogP contribution is 2.28. The molecule has 162 valence electrons. The van der Waals surface area contributed by atoms with E-state index in [4.69, 9.17) is 11.6 Å². The van der Waals surface area contributed by atoms with E-state index in [0.717, 1.165) is 5.56 Å². The van der Waals surface area contributed by atoms with Gasteiger partial charge in [0.25, 0.3) is 5.56 Å². The van der Waals surface area contributed by atoms with Gasteiger partial charge >= 0.3 is 6.61 Å². The van der Waals surface area contributed by atoms with Crippen LogP contribution in [0, 0.1) is 5.92 Å². The summed E-state index contributed by atoms with van der Waals surface area (Å²) < 4.78 is 29.2. The van der Waals surface area contributed by atoms with Crippen molar-refractivity contribution in [3.05, 3.63) is 63.5 Å². The molecule has 10 heteroatoms. The Hall–Kier alpha value is -3.33. The smallest absolute Gasteiger partial charge is 0.388 e. The monoisotopic (exact) mass is 448 g/mol. The minimum Gasteiger partial charge on any atom is -0.417 e. The molecule has 0 radical (unpaired) electrons. The first-order chi connectivity index (χ1) is 14.7. The number of carbonyl (C=O) groups excluding carboxylic acids is 1. The molecule has 7 nitrogen and oxygen atoms in total. The molecule has 31 heavy (non-hydrogen) atoms. The number of rotatable bonds is 7. The topological polar surface area (TPSA) is 97.0 Å². The van der Waals surface area contributed by atoms with Gasteiger partial charge in [-0.15, -0.1) is 0 Å². The number of pyridine rings is 1. The van der Waals surface area contributed by atoms with E-state index >= 15 is 0 Å². The number of benzene rings is 1. The summed E-state index contributed by atoms with van der Waals surface area (Å²) in [4.78, 5) is 34.8. The molecule has 0 atom stereocenters. The summed E-state index contributed by atoms with van der Waals surface area (Å²) in [6.07, 6.45) is 1.28. The Labute approximate surface area is 181 Å². The molecular formula is C21H19ClF2N4O3. The highest BCUT2D eigenvalue weighted by molar-refractivity contribution is 6.33. The average Bonchev–Trinajstić information content (AvgIpc) is 2.72. The van der Waals surface area contributed by atoms with Gasteiger partial charge in [-0.3, -0.25) is 9.59 Å². The van der Waals surface area contributed by atoms with Crippen molar-refractivity contribution in [1.29, 1.82) is 0 Å². The molecular weight excluding hydrogens is 430 g/mol. The van der Waals surface area contributed by atoms with Gasteiger partial charge in [-0.1, -0.05) is 31.5 Å². The molecule has 0 fully saturated rings. The molecule has 0 bridgehead atoms. The van der Waals surface area contributed by atoms with Crippen LogP contribution in [0.15, 0.2) is 47.4 Å². The van der Waals surface area contributed by atoms with Gasteiger partial charge in [0.05, 0.1) is 10.7 Å². The predicted octanol–water partition coefficient (Wildman–Crippen LogP) is 4.03. The minimum atomic E-state index is -3.02. The number of hydrogen-bond donors (Lipinski definition) is 2. The number of ether oxygens (including phenoxy) is 1.